The number of ether oxygens (including phenoxy) is 1. The highest BCUT2D eigenvalue weighted by molar-refractivity contribution is 7.07. The summed E-state index contributed by atoms with van der Waals surface area (Å²) >= 11 is 1.38. The van der Waals surface area contributed by atoms with Crippen molar-refractivity contribution >= 4 is 17.2 Å². The van der Waals surface area contributed by atoms with Crippen LogP contribution in [0.3, 0.4) is 0 Å². The highest BCUT2D eigenvalue weighted by atomic mass is 32.1. The van der Waals surface area contributed by atoms with Crippen LogP contribution in [0.5, 0.6) is 5.75 Å². The number of carbonyl (C=O) groups excluding carboxylic acids is 1. The molecule has 1 unspecified atom stereocenters. The fourth-order valence-electron chi connectivity index (χ4n) is 2.37. The summed E-state index contributed by atoms with van der Waals surface area (Å²) in [6, 6.07) is 7.09. The third kappa shape index (κ3) is 2.28. The highest BCUT2D eigenvalue weighted by Crippen LogP contribution is 2.32. The fraction of sp³-hybridized carbons (Fsp3) is 0.286. The van der Waals surface area contributed by atoms with Crippen molar-refractivity contribution in [3.8, 4) is 5.75 Å². The molecule has 1 amide bonds. The van der Waals surface area contributed by atoms with Gasteiger partial charge in [0.25, 0.3) is 5.91 Å². The van der Waals surface area contributed by atoms with Gasteiger partial charge in [-0.1, -0.05) is 18.2 Å². The predicted molar refractivity (Wildman–Crippen MR) is 74.9 cm³/mol. The Hall–Kier alpha value is -1.92. The van der Waals surface area contributed by atoms with E-state index in [9.17, 15) is 9.90 Å². The van der Waals surface area contributed by atoms with Crippen molar-refractivity contribution in [3.05, 3.63) is 46.4 Å². The summed E-state index contributed by atoms with van der Waals surface area (Å²) in [5.74, 6) is 0.547. The fourth-order valence-corrected chi connectivity index (χ4v) is 2.90. The van der Waals surface area contributed by atoms with E-state index in [4.69, 9.17) is 4.74 Å². The van der Waals surface area contributed by atoms with Crippen molar-refractivity contribution < 1.29 is 14.6 Å². The van der Waals surface area contributed by atoms with Crippen LogP contribution in [-0.2, 0) is 0 Å². The number of carbonyl (C=O) groups is 1. The third-order valence-corrected chi connectivity index (χ3v) is 3.92. The van der Waals surface area contributed by atoms with Crippen molar-refractivity contribution in [2.45, 2.75) is 6.04 Å². The lowest BCUT2D eigenvalue weighted by atomic mass is 10.0. The van der Waals surface area contributed by atoms with Crippen LogP contribution in [0.2, 0.25) is 0 Å². The van der Waals surface area contributed by atoms with Gasteiger partial charge in [0.2, 0.25) is 0 Å². The van der Waals surface area contributed by atoms with E-state index in [2.05, 4.69) is 4.98 Å². The molecule has 2 heterocycles. The average Bonchev–Trinajstić information content (AvgIpc) is 2.94. The molecule has 1 N–H and O–H groups in total. The molecule has 2 aromatic rings. The monoisotopic (exact) mass is 290 g/mol. The minimum atomic E-state index is -0.400. The summed E-state index contributed by atoms with van der Waals surface area (Å²) in [7, 11) is 0. The van der Waals surface area contributed by atoms with Gasteiger partial charge in [0, 0.05) is 10.9 Å². The number of thiazole rings is 1. The first-order valence-corrected chi connectivity index (χ1v) is 7.27. The van der Waals surface area contributed by atoms with Crippen molar-refractivity contribution in [1.29, 1.82) is 0 Å². The molecule has 0 bridgehead atoms. The van der Waals surface area contributed by atoms with Gasteiger partial charge in [-0.25, -0.2) is 4.98 Å². The quantitative estimate of drug-likeness (QED) is 0.914. The Morgan fingerprint density at radius 2 is 2.35 bits per heavy atom. The van der Waals surface area contributed by atoms with E-state index in [0.717, 1.165) is 11.3 Å². The number of para-hydroxylation sites is 1. The van der Waals surface area contributed by atoms with E-state index >= 15 is 0 Å². The maximum absolute atomic E-state index is 12.5. The molecular weight excluding hydrogens is 276 g/mol. The van der Waals surface area contributed by atoms with Crippen LogP contribution in [0.25, 0.3) is 0 Å². The zero-order chi connectivity index (χ0) is 13.9. The lowest BCUT2D eigenvalue weighted by Gasteiger charge is -2.27. The van der Waals surface area contributed by atoms with Gasteiger partial charge in [-0.3, -0.25) is 4.79 Å². The van der Waals surface area contributed by atoms with Crippen LogP contribution in [0.4, 0.5) is 0 Å². The Morgan fingerprint density at radius 1 is 1.50 bits per heavy atom. The maximum atomic E-state index is 12.5. The number of benzene rings is 1. The van der Waals surface area contributed by atoms with Gasteiger partial charge in [-0.05, 0) is 6.07 Å². The smallest absolute Gasteiger partial charge is 0.274 e. The number of hydrogen-bond acceptors (Lipinski definition) is 5. The van der Waals surface area contributed by atoms with Gasteiger partial charge >= 0.3 is 0 Å². The van der Waals surface area contributed by atoms with Gasteiger partial charge < -0.3 is 14.7 Å². The lowest BCUT2D eigenvalue weighted by Crippen LogP contribution is -2.38. The first-order chi connectivity index (χ1) is 9.81. The number of hydrogen-bond donors (Lipinski definition) is 1. The van der Waals surface area contributed by atoms with E-state index < -0.39 is 6.04 Å². The summed E-state index contributed by atoms with van der Waals surface area (Å²) in [4.78, 5) is 18.2. The molecule has 20 heavy (non-hydrogen) atoms. The van der Waals surface area contributed by atoms with Crippen LogP contribution in [0.15, 0.2) is 35.2 Å². The standard InChI is InChI=1S/C14H14N2O3S/c17-7-12-10-3-1-2-4-13(10)19-6-5-16(12)14(18)11-8-20-9-15-11/h1-4,8-9,12,17H,5-7H2. The maximum Gasteiger partial charge on any atom is 0.274 e. The molecule has 0 radical (unpaired) electrons. The third-order valence-electron chi connectivity index (χ3n) is 3.33. The summed E-state index contributed by atoms with van der Waals surface area (Å²) < 4.78 is 5.66. The molecule has 1 aliphatic rings. The molecular formula is C14H14N2O3S. The molecule has 0 aliphatic carbocycles. The zero-order valence-corrected chi connectivity index (χ0v) is 11.5. The molecule has 3 rings (SSSR count). The van der Waals surface area contributed by atoms with E-state index in [1.165, 1.54) is 11.3 Å². The van der Waals surface area contributed by atoms with Crippen molar-refractivity contribution in [1.82, 2.24) is 9.88 Å². The van der Waals surface area contributed by atoms with Gasteiger partial charge in [0.1, 0.15) is 18.1 Å². The Morgan fingerprint density at radius 3 is 3.10 bits per heavy atom. The molecule has 1 aromatic carbocycles. The Labute approximate surface area is 120 Å². The van der Waals surface area contributed by atoms with E-state index in [1.54, 1.807) is 15.8 Å². The second-order valence-corrected chi connectivity index (χ2v) is 5.18. The molecule has 1 atom stereocenters. The molecule has 1 aromatic heterocycles. The van der Waals surface area contributed by atoms with E-state index in [0.29, 0.717) is 18.8 Å². The van der Waals surface area contributed by atoms with Crippen molar-refractivity contribution in [2.24, 2.45) is 0 Å². The van der Waals surface area contributed by atoms with Gasteiger partial charge in [0.15, 0.2) is 0 Å². The van der Waals surface area contributed by atoms with Crippen LogP contribution < -0.4 is 4.74 Å². The molecule has 0 spiro atoms. The van der Waals surface area contributed by atoms with Crippen LogP contribution in [0, 0.1) is 0 Å². The number of rotatable bonds is 2. The molecule has 0 fully saturated rings. The molecule has 5 nitrogen and oxygen atoms in total. The molecule has 0 saturated heterocycles. The first kappa shape index (κ1) is 13.1. The predicted octanol–water partition coefficient (Wildman–Crippen LogP) is 1.71. The van der Waals surface area contributed by atoms with Crippen LogP contribution in [-0.4, -0.2) is 40.7 Å². The molecule has 104 valence electrons. The zero-order valence-electron chi connectivity index (χ0n) is 10.7. The van der Waals surface area contributed by atoms with Crippen molar-refractivity contribution in [3.63, 3.8) is 0 Å². The van der Waals surface area contributed by atoms with Crippen molar-refractivity contribution in [2.75, 3.05) is 19.8 Å². The lowest BCUT2D eigenvalue weighted by molar-refractivity contribution is 0.0580. The van der Waals surface area contributed by atoms with Crippen LogP contribution in [0.1, 0.15) is 22.1 Å². The molecule has 6 heteroatoms. The molecule has 0 saturated carbocycles. The number of aliphatic hydroxyl groups excluding tert-OH is 1. The number of aromatic nitrogens is 1. The van der Waals surface area contributed by atoms with Gasteiger partial charge in [0.05, 0.1) is 24.7 Å². The summed E-state index contributed by atoms with van der Waals surface area (Å²) in [5, 5.41) is 11.4. The van der Waals surface area contributed by atoms with E-state index in [-0.39, 0.29) is 12.5 Å². The topological polar surface area (TPSA) is 62.7 Å². The SMILES string of the molecule is O=C(c1cscn1)N1CCOc2ccccc2C1CO. The number of fused-ring (bicyclic) bond motifs is 1. The minimum absolute atomic E-state index is 0.143. The molecule has 1 aliphatic heterocycles. The van der Waals surface area contributed by atoms with Gasteiger partial charge in [-0.15, -0.1) is 11.3 Å². The number of amides is 1. The number of nitrogens with zero attached hydrogens (tertiary/aromatic N) is 2. The highest BCUT2D eigenvalue weighted by Gasteiger charge is 2.30. The largest absolute Gasteiger partial charge is 0.491 e. The number of aliphatic hydroxyl groups is 1. The Balaban J connectivity index is 1.97. The van der Waals surface area contributed by atoms with Gasteiger partial charge in [-0.2, -0.15) is 0 Å². The Kier molecular flexibility index (Phi) is 3.66. The summed E-state index contributed by atoms with van der Waals surface area (Å²) in [6.07, 6.45) is 0. The normalized spacial score (nSPS) is 18.1. The summed E-state index contributed by atoms with van der Waals surface area (Å²) in [6.45, 7) is 0.690. The minimum Gasteiger partial charge on any atom is -0.491 e. The second kappa shape index (κ2) is 5.60. The second-order valence-electron chi connectivity index (χ2n) is 4.46. The van der Waals surface area contributed by atoms with Crippen LogP contribution >= 0.6 is 11.3 Å². The summed E-state index contributed by atoms with van der Waals surface area (Å²) in [5.41, 5.74) is 2.87. The Bertz CT molecular complexity index is 600. The first-order valence-electron chi connectivity index (χ1n) is 6.33. The van der Waals surface area contributed by atoms with E-state index in [1.807, 2.05) is 24.3 Å². The average molecular weight is 290 g/mol.